The zero-order valence-corrected chi connectivity index (χ0v) is 21.9. The van der Waals surface area contributed by atoms with E-state index >= 15 is 0 Å². The van der Waals surface area contributed by atoms with E-state index in [2.05, 4.69) is 0 Å². The third-order valence-corrected chi connectivity index (χ3v) is 7.83. The van der Waals surface area contributed by atoms with E-state index in [1.54, 1.807) is 29.6 Å². The van der Waals surface area contributed by atoms with Crippen molar-refractivity contribution in [2.45, 2.75) is 38.2 Å². The van der Waals surface area contributed by atoms with Gasteiger partial charge in [0.15, 0.2) is 0 Å². The summed E-state index contributed by atoms with van der Waals surface area (Å²) in [6.45, 7) is 3.99. The Balaban J connectivity index is 1.49. The molecule has 0 aliphatic carbocycles. The number of benzene rings is 3. The molecular formula is C28H25FO6S2. The first-order valence-electron chi connectivity index (χ1n) is 11.4. The highest BCUT2D eigenvalue weighted by atomic mass is 32.2. The zero-order chi connectivity index (χ0) is 26.6. The first kappa shape index (κ1) is 26.4. The van der Waals surface area contributed by atoms with Gasteiger partial charge >= 0.3 is 16.1 Å². The minimum absolute atomic E-state index is 0.117. The van der Waals surface area contributed by atoms with Crippen molar-refractivity contribution in [1.82, 2.24) is 0 Å². The molecule has 192 valence electrons. The van der Waals surface area contributed by atoms with E-state index in [0.29, 0.717) is 11.3 Å². The van der Waals surface area contributed by atoms with Crippen molar-refractivity contribution in [2.24, 2.45) is 0 Å². The predicted molar refractivity (Wildman–Crippen MR) is 140 cm³/mol. The van der Waals surface area contributed by atoms with Crippen LogP contribution < -0.4 is 8.92 Å². The number of carbonyl (C=O) groups is 1. The van der Waals surface area contributed by atoms with Crippen LogP contribution in [0.15, 0.2) is 76.3 Å². The lowest BCUT2D eigenvalue weighted by Crippen LogP contribution is -2.09. The summed E-state index contributed by atoms with van der Waals surface area (Å²) in [5.41, 5.74) is 4.79. The molecule has 0 bridgehead atoms. The Bertz CT molecular complexity index is 1510. The second kappa shape index (κ2) is 11.1. The lowest BCUT2D eigenvalue weighted by Gasteiger charge is -2.15. The normalized spacial score (nSPS) is 11.3. The lowest BCUT2D eigenvalue weighted by atomic mass is 9.94. The number of ether oxygens (including phenoxy) is 1. The van der Waals surface area contributed by atoms with Crippen molar-refractivity contribution in [1.29, 1.82) is 0 Å². The standard InChI is InChI=1S/C28H25FO6S2/c1-18-12-24(35-37(32,33)25-10-11-36-17-25)13-19(2)28(18)22-5-3-4-20(14-22)16-34-23-8-6-21(26(29)15-23)7-9-27(30)31/h3-6,8,10-15,17H,7,9,16H2,1-2H3,(H,30,31). The van der Waals surface area contributed by atoms with Gasteiger partial charge in [0, 0.05) is 17.9 Å². The lowest BCUT2D eigenvalue weighted by molar-refractivity contribution is -0.136. The number of carboxylic acid groups (broad SMARTS) is 1. The van der Waals surface area contributed by atoms with Crippen LogP contribution in [-0.2, 0) is 27.9 Å². The van der Waals surface area contributed by atoms with E-state index in [4.69, 9.17) is 14.0 Å². The summed E-state index contributed by atoms with van der Waals surface area (Å²) < 4.78 is 50.4. The van der Waals surface area contributed by atoms with Crippen molar-refractivity contribution >= 4 is 27.4 Å². The number of carboxylic acids is 1. The fraction of sp³-hybridized carbons (Fsp3) is 0.179. The molecule has 0 amide bonds. The second-order valence-corrected chi connectivity index (χ2v) is 10.9. The van der Waals surface area contributed by atoms with Crippen molar-refractivity contribution in [3.63, 3.8) is 0 Å². The third-order valence-electron chi connectivity index (χ3n) is 5.75. The van der Waals surface area contributed by atoms with Gasteiger partial charge < -0.3 is 14.0 Å². The number of rotatable bonds is 10. The van der Waals surface area contributed by atoms with Gasteiger partial charge in [-0.05, 0) is 89.4 Å². The Labute approximate surface area is 219 Å². The van der Waals surface area contributed by atoms with E-state index < -0.39 is 21.9 Å². The largest absolute Gasteiger partial charge is 0.489 e. The fourth-order valence-corrected chi connectivity index (χ4v) is 5.96. The molecule has 6 nitrogen and oxygen atoms in total. The maximum absolute atomic E-state index is 14.3. The molecule has 0 spiro atoms. The van der Waals surface area contributed by atoms with E-state index in [9.17, 15) is 17.6 Å². The zero-order valence-electron chi connectivity index (χ0n) is 20.2. The summed E-state index contributed by atoms with van der Waals surface area (Å²) in [4.78, 5) is 10.8. The molecule has 0 aliphatic rings. The van der Waals surface area contributed by atoms with Crippen LogP contribution in [0.1, 0.15) is 28.7 Å². The highest BCUT2D eigenvalue weighted by Crippen LogP contribution is 2.33. The molecule has 9 heteroatoms. The number of hydrogen-bond acceptors (Lipinski definition) is 6. The molecule has 0 radical (unpaired) electrons. The fourth-order valence-electron chi connectivity index (χ4n) is 4.04. The van der Waals surface area contributed by atoms with Gasteiger partial charge in [-0.1, -0.05) is 24.3 Å². The van der Waals surface area contributed by atoms with Crippen LogP contribution in [0.2, 0.25) is 0 Å². The van der Waals surface area contributed by atoms with Gasteiger partial charge in [-0.2, -0.15) is 19.8 Å². The summed E-state index contributed by atoms with van der Waals surface area (Å²) >= 11 is 1.28. The van der Waals surface area contributed by atoms with Crippen LogP contribution in [0.25, 0.3) is 11.1 Å². The Hall–Kier alpha value is -3.69. The summed E-state index contributed by atoms with van der Waals surface area (Å²) in [5.74, 6) is -0.876. The smallest absolute Gasteiger partial charge is 0.340 e. The Morgan fingerprint density at radius 1 is 1.00 bits per heavy atom. The molecule has 1 aromatic heterocycles. The summed E-state index contributed by atoms with van der Waals surface area (Å²) in [5, 5.41) is 12.0. The molecule has 0 aliphatic heterocycles. The highest BCUT2D eigenvalue weighted by Gasteiger charge is 2.19. The van der Waals surface area contributed by atoms with Crippen molar-refractivity contribution in [3.8, 4) is 22.6 Å². The summed E-state index contributed by atoms with van der Waals surface area (Å²) in [6, 6.07) is 17.1. The molecule has 0 atom stereocenters. The quantitative estimate of drug-likeness (QED) is 0.230. The van der Waals surface area contributed by atoms with Gasteiger partial charge in [0.25, 0.3) is 0 Å². The molecular weight excluding hydrogens is 515 g/mol. The molecule has 0 unspecified atom stereocenters. The molecule has 37 heavy (non-hydrogen) atoms. The molecule has 0 saturated carbocycles. The number of aliphatic carboxylic acids is 1. The Kier molecular flexibility index (Phi) is 7.94. The Morgan fingerprint density at radius 2 is 1.76 bits per heavy atom. The molecule has 1 N–H and O–H groups in total. The first-order valence-corrected chi connectivity index (χ1v) is 13.8. The summed E-state index contributed by atoms with van der Waals surface area (Å²) in [7, 11) is -3.89. The van der Waals surface area contributed by atoms with Crippen molar-refractivity contribution in [2.75, 3.05) is 0 Å². The van der Waals surface area contributed by atoms with Gasteiger partial charge in [-0.25, -0.2) is 4.39 Å². The van der Waals surface area contributed by atoms with E-state index in [1.807, 2.05) is 38.1 Å². The van der Waals surface area contributed by atoms with Gasteiger partial charge in [0.2, 0.25) is 0 Å². The molecule has 1 heterocycles. The van der Waals surface area contributed by atoms with Gasteiger partial charge in [0.05, 0.1) is 0 Å². The van der Waals surface area contributed by atoms with E-state index in [-0.39, 0.29) is 30.1 Å². The maximum atomic E-state index is 14.3. The number of halogens is 1. The van der Waals surface area contributed by atoms with E-state index in [0.717, 1.165) is 27.8 Å². The average molecular weight is 541 g/mol. The average Bonchev–Trinajstić information content (AvgIpc) is 3.38. The van der Waals surface area contributed by atoms with E-state index in [1.165, 1.54) is 28.8 Å². The third kappa shape index (κ3) is 6.55. The molecule has 4 rings (SSSR count). The maximum Gasteiger partial charge on any atom is 0.340 e. The van der Waals surface area contributed by atoms with Gasteiger partial charge in [-0.15, -0.1) is 0 Å². The molecule has 0 fully saturated rings. The van der Waals surface area contributed by atoms with Gasteiger partial charge in [-0.3, -0.25) is 4.79 Å². The highest BCUT2D eigenvalue weighted by molar-refractivity contribution is 7.87. The minimum Gasteiger partial charge on any atom is -0.489 e. The van der Waals surface area contributed by atoms with Crippen LogP contribution in [0.3, 0.4) is 0 Å². The summed E-state index contributed by atoms with van der Waals surface area (Å²) in [6.07, 6.45) is -0.0216. The molecule has 0 saturated heterocycles. The van der Waals surface area contributed by atoms with Crippen LogP contribution in [0.4, 0.5) is 4.39 Å². The minimum atomic E-state index is -3.89. The predicted octanol–water partition coefficient (Wildman–Crippen LogP) is 6.53. The van der Waals surface area contributed by atoms with Crippen LogP contribution in [0, 0.1) is 19.7 Å². The second-order valence-electron chi connectivity index (χ2n) is 8.56. The SMILES string of the molecule is Cc1cc(OS(=O)(=O)c2ccsc2)cc(C)c1-c1cccc(COc2ccc(CCC(=O)O)c(F)c2)c1. The van der Waals surface area contributed by atoms with Crippen LogP contribution >= 0.6 is 11.3 Å². The molecule has 4 aromatic rings. The number of thiophene rings is 1. The van der Waals surface area contributed by atoms with Crippen LogP contribution in [0.5, 0.6) is 11.5 Å². The molecule has 3 aromatic carbocycles. The van der Waals surface area contributed by atoms with Gasteiger partial charge in [0.1, 0.15) is 28.8 Å². The topological polar surface area (TPSA) is 89.9 Å². The van der Waals surface area contributed by atoms with Crippen molar-refractivity contribution in [3.05, 3.63) is 99.5 Å². The number of aryl methyl sites for hydroxylation is 3. The number of hydrogen-bond donors (Lipinski definition) is 1. The van der Waals surface area contributed by atoms with Crippen LogP contribution in [-0.4, -0.2) is 19.5 Å². The monoisotopic (exact) mass is 540 g/mol. The Morgan fingerprint density at radius 3 is 2.41 bits per heavy atom. The first-order chi connectivity index (χ1) is 17.6. The van der Waals surface area contributed by atoms with Crippen molar-refractivity contribution < 1.29 is 31.6 Å².